The van der Waals surface area contributed by atoms with E-state index in [1.807, 2.05) is 0 Å². The predicted octanol–water partition coefficient (Wildman–Crippen LogP) is -0.302. The minimum Gasteiger partial charge on any atom is -0.455 e. The minimum atomic E-state index is -1.14. The fourth-order valence-corrected chi connectivity index (χ4v) is 1.29. The molecule has 0 spiro atoms. The first-order valence-electron chi connectivity index (χ1n) is 3.43. The topological polar surface area (TPSA) is 55.8 Å². The van der Waals surface area contributed by atoms with E-state index in [9.17, 15) is 9.90 Å². The molecule has 0 aromatic rings. The van der Waals surface area contributed by atoms with Gasteiger partial charge in [-0.15, -0.1) is 0 Å². The highest BCUT2D eigenvalue weighted by Crippen LogP contribution is 2.28. The third-order valence-corrected chi connectivity index (χ3v) is 1.83. The van der Waals surface area contributed by atoms with Crippen molar-refractivity contribution in [3.05, 3.63) is 0 Å². The summed E-state index contributed by atoms with van der Waals surface area (Å²) in [5.41, 5.74) is -0.717. The monoisotopic (exact) mass is 160 g/mol. The second-order valence-electron chi connectivity index (χ2n) is 3.13. The average Bonchev–Trinajstić information content (AvgIpc) is 2.03. The van der Waals surface area contributed by atoms with Crippen LogP contribution in [0.4, 0.5) is 0 Å². The molecule has 4 heteroatoms. The van der Waals surface area contributed by atoms with E-state index in [4.69, 9.17) is 9.47 Å². The summed E-state index contributed by atoms with van der Waals surface area (Å²) in [6, 6.07) is 0. The number of carbonyl (C=O) groups is 1. The fraction of sp³-hybridized carbons (Fsp3) is 0.857. The van der Waals surface area contributed by atoms with Crippen LogP contribution in [0, 0.1) is 0 Å². The second-order valence-corrected chi connectivity index (χ2v) is 3.13. The van der Waals surface area contributed by atoms with Crippen molar-refractivity contribution >= 4 is 5.97 Å². The zero-order chi connectivity index (χ0) is 8.65. The molecule has 2 unspecified atom stereocenters. The lowest BCUT2D eigenvalue weighted by Gasteiger charge is -2.23. The van der Waals surface area contributed by atoms with Crippen LogP contribution in [0.15, 0.2) is 0 Å². The van der Waals surface area contributed by atoms with Crippen LogP contribution in [0.2, 0.25) is 0 Å². The molecule has 0 amide bonds. The van der Waals surface area contributed by atoms with Gasteiger partial charge in [0, 0.05) is 7.11 Å². The zero-order valence-corrected chi connectivity index (χ0v) is 6.83. The first-order valence-corrected chi connectivity index (χ1v) is 3.43. The standard InChI is InChI=1S/C7H12O4/c1-7(2)5(10-3)4(8)6(9)11-7/h4-5,8H,1-3H3. The van der Waals surface area contributed by atoms with E-state index in [0.29, 0.717) is 0 Å². The maximum absolute atomic E-state index is 10.8. The average molecular weight is 160 g/mol. The van der Waals surface area contributed by atoms with Crippen molar-refractivity contribution in [2.75, 3.05) is 7.11 Å². The molecule has 1 fully saturated rings. The van der Waals surface area contributed by atoms with Crippen LogP contribution < -0.4 is 0 Å². The number of aliphatic hydroxyl groups is 1. The number of cyclic esters (lactones) is 1. The van der Waals surface area contributed by atoms with E-state index in [-0.39, 0.29) is 0 Å². The molecule has 1 rings (SSSR count). The molecule has 0 saturated carbocycles. The summed E-state index contributed by atoms with van der Waals surface area (Å²) in [4.78, 5) is 10.8. The van der Waals surface area contributed by atoms with Gasteiger partial charge in [-0.25, -0.2) is 4.79 Å². The molecule has 64 valence electrons. The van der Waals surface area contributed by atoms with Gasteiger partial charge in [0.05, 0.1) is 0 Å². The number of carbonyl (C=O) groups excluding carboxylic acids is 1. The highest BCUT2D eigenvalue weighted by molar-refractivity contribution is 5.78. The van der Waals surface area contributed by atoms with Crippen molar-refractivity contribution < 1.29 is 19.4 Å². The zero-order valence-electron chi connectivity index (χ0n) is 6.83. The molecule has 0 aliphatic carbocycles. The maximum atomic E-state index is 10.8. The Labute approximate surface area is 65.1 Å². The Morgan fingerprint density at radius 1 is 1.64 bits per heavy atom. The van der Waals surface area contributed by atoms with Crippen LogP contribution in [-0.2, 0) is 14.3 Å². The Hall–Kier alpha value is -0.610. The highest BCUT2D eigenvalue weighted by atomic mass is 16.6. The van der Waals surface area contributed by atoms with E-state index in [1.165, 1.54) is 7.11 Å². The first-order chi connectivity index (χ1) is 4.99. The van der Waals surface area contributed by atoms with Crippen LogP contribution in [0.3, 0.4) is 0 Å². The minimum absolute atomic E-state index is 0.560. The number of aliphatic hydroxyl groups excluding tert-OH is 1. The summed E-state index contributed by atoms with van der Waals surface area (Å²) in [7, 11) is 1.44. The van der Waals surface area contributed by atoms with Crippen molar-refractivity contribution in [1.29, 1.82) is 0 Å². The number of ether oxygens (including phenoxy) is 2. The number of methoxy groups -OCH3 is 1. The number of hydrogen-bond acceptors (Lipinski definition) is 4. The summed E-state index contributed by atoms with van der Waals surface area (Å²) in [5, 5.41) is 9.19. The third-order valence-electron chi connectivity index (χ3n) is 1.83. The molecular weight excluding hydrogens is 148 g/mol. The van der Waals surface area contributed by atoms with E-state index < -0.39 is 23.8 Å². The molecule has 0 aromatic carbocycles. The summed E-state index contributed by atoms with van der Waals surface area (Å²) >= 11 is 0. The van der Waals surface area contributed by atoms with Gasteiger partial charge in [0.2, 0.25) is 0 Å². The number of hydrogen-bond donors (Lipinski definition) is 1. The Kier molecular flexibility index (Phi) is 1.90. The molecule has 0 bridgehead atoms. The molecular formula is C7H12O4. The largest absolute Gasteiger partial charge is 0.455 e. The number of rotatable bonds is 1. The van der Waals surface area contributed by atoms with Crippen molar-refractivity contribution in [3.8, 4) is 0 Å². The third kappa shape index (κ3) is 1.23. The molecule has 0 aromatic heterocycles. The van der Waals surface area contributed by atoms with Crippen molar-refractivity contribution in [1.82, 2.24) is 0 Å². The molecule has 4 nitrogen and oxygen atoms in total. The quantitative estimate of drug-likeness (QED) is 0.535. The molecule has 1 aliphatic heterocycles. The van der Waals surface area contributed by atoms with Gasteiger partial charge in [-0.2, -0.15) is 0 Å². The second kappa shape index (κ2) is 2.46. The smallest absolute Gasteiger partial charge is 0.338 e. The van der Waals surface area contributed by atoms with Crippen LogP contribution in [-0.4, -0.2) is 36.0 Å². The van der Waals surface area contributed by atoms with E-state index >= 15 is 0 Å². The van der Waals surface area contributed by atoms with Gasteiger partial charge in [-0.1, -0.05) is 0 Å². The molecule has 1 N–H and O–H groups in total. The van der Waals surface area contributed by atoms with Gasteiger partial charge < -0.3 is 14.6 Å². The Bertz CT molecular complexity index is 175. The van der Waals surface area contributed by atoms with Gasteiger partial charge in [0.15, 0.2) is 6.10 Å². The lowest BCUT2D eigenvalue weighted by atomic mass is 10.0. The normalized spacial score (nSPS) is 35.5. The van der Waals surface area contributed by atoms with Crippen LogP contribution >= 0.6 is 0 Å². The predicted molar refractivity (Wildman–Crippen MR) is 37.0 cm³/mol. The van der Waals surface area contributed by atoms with Gasteiger partial charge in [0.25, 0.3) is 0 Å². The summed E-state index contributed by atoms with van der Waals surface area (Å²) in [6.45, 7) is 3.41. The lowest BCUT2D eigenvalue weighted by molar-refractivity contribution is -0.151. The van der Waals surface area contributed by atoms with Gasteiger partial charge in [0.1, 0.15) is 11.7 Å². The van der Waals surface area contributed by atoms with Crippen molar-refractivity contribution in [3.63, 3.8) is 0 Å². The Morgan fingerprint density at radius 2 is 2.18 bits per heavy atom. The van der Waals surface area contributed by atoms with E-state index in [2.05, 4.69) is 0 Å². The van der Waals surface area contributed by atoms with Gasteiger partial charge in [-0.05, 0) is 13.8 Å². The summed E-state index contributed by atoms with van der Waals surface area (Å²) in [5.74, 6) is -0.609. The van der Waals surface area contributed by atoms with E-state index in [0.717, 1.165) is 0 Å². The van der Waals surface area contributed by atoms with Crippen LogP contribution in [0.5, 0.6) is 0 Å². The van der Waals surface area contributed by atoms with Crippen molar-refractivity contribution in [2.45, 2.75) is 31.7 Å². The van der Waals surface area contributed by atoms with Crippen LogP contribution in [0.1, 0.15) is 13.8 Å². The SMILES string of the molecule is COC1C(O)C(=O)OC1(C)C. The lowest BCUT2D eigenvalue weighted by Crippen LogP contribution is -2.39. The van der Waals surface area contributed by atoms with E-state index in [1.54, 1.807) is 13.8 Å². The molecule has 11 heavy (non-hydrogen) atoms. The molecule has 1 heterocycles. The Balaban J connectivity index is 2.81. The molecule has 1 aliphatic rings. The maximum Gasteiger partial charge on any atom is 0.338 e. The summed E-state index contributed by atoms with van der Waals surface area (Å²) in [6.07, 6.45) is -1.70. The van der Waals surface area contributed by atoms with Gasteiger partial charge in [-0.3, -0.25) is 0 Å². The molecule has 1 saturated heterocycles. The number of esters is 1. The Morgan fingerprint density at radius 3 is 2.36 bits per heavy atom. The molecule has 2 atom stereocenters. The van der Waals surface area contributed by atoms with Crippen LogP contribution in [0.25, 0.3) is 0 Å². The molecule has 0 radical (unpaired) electrons. The first kappa shape index (κ1) is 8.49. The fourth-order valence-electron chi connectivity index (χ4n) is 1.29. The van der Waals surface area contributed by atoms with Crippen molar-refractivity contribution in [2.24, 2.45) is 0 Å². The highest BCUT2D eigenvalue weighted by Gasteiger charge is 2.49. The summed E-state index contributed by atoms with van der Waals surface area (Å²) < 4.78 is 9.76. The van der Waals surface area contributed by atoms with Gasteiger partial charge >= 0.3 is 5.97 Å².